The summed E-state index contributed by atoms with van der Waals surface area (Å²) in [6, 6.07) is 14.6. The van der Waals surface area contributed by atoms with E-state index in [9.17, 15) is 4.79 Å². The second-order valence-corrected chi connectivity index (χ2v) is 4.79. The molecule has 0 fully saturated rings. The molecule has 4 heteroatoms. The molecule has 0 aliphatic rings. The first kappa shape index (κ1) is 14.9. The van der Waals surface area contributed by atoms with Gasteiger partial charge < -0.3 is 15.8 Å². The SMILES string of the molecule is CCOc1ccccc1C(=O)NC(C)c1cccc(N)c1. The van der Waals surface area contributed by atoms with Crippen LogP contribution in [0.3, 0.4) is 0 Å². The Morgan fingerprint density at radius 3 is 2.71 bits per heavy atom. The Bertz CT molecular complexity index is 626. The van der Waals surface area contributed by atoms with Crippen LogP contribution >= 0.6 is 0 Å². The van der Waals surface area contributed by atoms with Gasteiger partial charge in [0.1, 0.15) is 5.75 Å². The Balaban J connectivity index is 2.14. The van der Waals surface area contributed by atoms with E-state index in [2.05, 4.69) is 5.32 Å². The molecule has 2 aromatic carbocycles. The third-order valence-corrected chi connectivity index (χ3v) is 3.19. The third-order valence-electron chi connectivity index (χ3n) is 3.19. The topological polar surface area (TPSA) is 64.3 Å². The zero-order valence-corrected chi connectivity index (χ0v) is 12.3. The van der Waals surface area contributed by atoms with E-state index in [1.165, 1.54) is 0 Å². The number of nitrogens with two attached hydrogens (primary N) is 1. The quantitative estimate of drug-likeness (QED) is 0.829. The highest BCUT2D eigenvalue weighted by molar-refractivity contribution is 5.97. The summed E-state index contributed by atoms with van der Waals surface area (Å²) in [5.74, 6) is 0.436. The van der Waals surface area contributed by atoms with Crippen LogP contribution in [0.25, 0.3) is 0 Å². The monoisotopic (exact) mass is 284 g/mol. The molecule has 1 amide bonds. The average Bonchev–Trinajstić information content (AvgIpc) is 2.48. The molecular weight excluding hydrogens is 264 g/mol. The molecule has 0 aliphatic carbocycles. The fraction of sp³-hybridized carbons (Fsp3) is 0.235. The number of nitrogens with one attached hydrogen (secondary N) is 1. The Morgan fingerprint density at radius 2 is 2.00 bits per heavy atom. The van der Waals surface area contributed by atoms with E-state index >= 15 is 0 Å². The van der Waals surface area contributed by atoms with Crippen molar-refractivity contribution in [2.24, 2.45) is 0 Å². The molecular formula is C17H20N2O2. The Morgan fingerprint density at radius 1 is 1.24 bits per heavy atom. The van der Waals surface area contributed by atoms with Crippen molar-refractivity contribution in [3.63, 3.8) is 0 Å². The first-order chi connectivity index (χ1) is 10.1. The zero-order chi connectivity index (χ0) is 15.2. The fourth-order valence-electron chi connectivity index (χ4n) is 2.12. The summed E-state index contributed by atoms with van der Waals surface area (Å²) < 4.78 is 5.48. The van der Waals surface area contributed by atoms with Crippen LogP contribution in [-0.2, 0) is 0 Å². The molecule has 1 atom stereocenters. The van der Waals surface area contributed by atoms with Crippen molar-refractivity contribution in [3.8, 4) is 5.75 Å². The number of para-hydroxylation sites is 1. The molecule has 4 nitrogen and oxygen atoms in total. The number of amides is 1. The summed E-state index contributed by atoms with van der Waals surface area (Å²) in [6.45, 7) is 4.34. The summed E-state index contributed by atoms with van der Waals surface area (Å²) in [6.07, 6.45) is 0. The van der Waals surface area contributed by atoms with Crippen LogP contribution < -0.4 is 15.8 Å². The number of rotatable bonds is 5. The second-order valence-electron chi connectivity index (χ2n) is 4.79. The maximum absolute atomic E-state index is 12.4. The molecule has 0 bridgehead atoms. The first-order valence-corrected chi connectivity index (χ1v) is 7.00. The molecule has 2 rings (SSSR count). The van der Waals surface area contributed by atoms with Crippen molar-refractivity contribution in [2.45, 2.75) is 19.9 Å². The molecule has 0 saturated carbocycles. The van der Waals surface area contributed by atoms with Gasteiger partial charge in [0, 0.05) is 5.69 Å². The smallest absolute Gasteiger partial charge is 0.255 e. The van der Waals surface area contributed by atoms with Gasteiger partial charge in [-0.2, -0.15) is 0 Å². The third kappa shape index (κ3) is 3.75. The number of ether oxygens (including phenoxy) is 1. The van der Waals surface area contributed by atoms with Crippen LogP contribution in [0.4, 0.5) is 5.69 Å². The van der Waals surface area contributed by atoms with E-state index < -0.39 is 0 Å². The van der Waals surface area contributed by atoms with Gasteiger partial charge in [0.25, 0.3) is 5.91 Å². The molecule has 0 spiro atoms. The molecule has 1 unspecified atom stereocenters. The lowest BCUT2D eigenvalue weighted by Gasteiger charge is -2.16. The predicted molar refractivity (Wildman–Crippen MR) is 84.3 cm³/mol. The Hall–Kier alpha value is -2.49. The molecule has 0 aromatic heterocycles. The highest BCUT2D eigenvalue weighted by Gasteiger charge is 2.15. The highest BCUT2D eigenvalue weighted by Crippen LogP contribution is 2.20. The number of carbonyl (C=O) groups excluding carboxylic acids is 1. The largest absolute Gasteiger partial charge is 0.493 e. The van der Waals surface area contributed by atoms with Crippen LogP contribution in [-0.4, -0.2) is 12.5 Å². The lowest BCUT2D eigenvalue weighted by molar-refractivity contribution is 0.0936. The lowest BCUT2D eigenvalue weighted by Crippen LogP contribution is -2.27. The van der Waals surface area contributed by atoms with E-state index in [0.29, 0.717) is 23.6 Å². The van der Waals surface area contributed by atoms with Gasteiger partial charge in [0.05, 0.1) is 18.2 Å². The average molecular weight is 284 g/mol. The minimum atomic E-state index is -0.158. The van der Waals surface area contributed by atoms with Gasteiger partial charge in [-0.1, -0.05) is 24.3 Å². The van der Waals surface area contributed by atoms with Crippen LogP contribution in [0.2, 0.25) is 0 Å². The number of hydrogen-bond acceptors (Lipinski definition) is 3. The van der Waals surface area contributed by atoms with Crippen LogP contribution in [0.5, 0.6) is 5.75 Å². The van der Waals surface area contributed by atoms with Gasteiger partial charge in [-0.3, -0.25) is 4.79 Å². The summed E-state index contributed by atoms with van der Waals surface area (Å²) in [5.41, 5.74) is 7.96. The number of anilines is 1. The van der Waals surface area contributed by atoms with Crippen molar-refractivity contribution < 1.29 is 9.53 Å². The Kier molecular flexibility index (Phi) is 4.82. The van der Waals surface area contributed by atoms with Gasteiger partial charge in [0.15, 0.2) is 0 Å². The molecule has 0 radical (unpaired) electrons. The van der Waals surface area contributed by atoms with Crippen molar-refractivity contribution in [1.29, 1.82) is 0 Å². The predicted octanol–water partition coefficient (Wildman–Crippen LogP) is 3.16. The van der Waals surface area contributed by atoms with E-state index in [1.54, 1.807) is 12.1 Å². The number of hydrogen-bond donors (Lipinski definition) is 2. The van der Waals surface area contributed by atoms with E-state index in [-0.39, 0.29) is 11.9 Å². The van der Waals surface area contributed by atoms with Crippen molar-refractivity contribution in [1.82, 2.24) is 5.32 Å². The molecule has 0 saturated heterocycles. The first-order valence-electron chi connectivity index (χ1n) is 7.00. The van der Waals surface area contributed by atoms with Crippen molar-refractivity contribution in [3.05, 3.63) is 59.7 Å². The summed E-state index contributed by atoms with van der Waals surface area (Å²) >= 11 is 0. The molecule has 21 heavy (non-hydrogen) atoms. The van der Waals surface area contributed by atoms with Gasteiger partial charge in [0.2, 0.25) is 0 Å². The number of benzene rings is 2. The molecule has 0 heterocycles. The molecule has 110 valence electrons. The zero-order valence-electron chi connectivity index (χ0n) is 12.3. The molecule has 0 aliphatic heterocycles. The summed E-state index contributed by atoms with van der Waals surface area (Å²) in [7, 11) is 0. The highest BCUT2D eigenvalue weighted by atomic mass is 16.5. The van der Waals surface area contributed by atoms with Gasteiger partial charge in [-0.05, 0) is 43.7 Å². The fourth-order valence-corrected chi connectivity index (χ4v) is 2.12. The summed E-state index contributed by atoms with van der Waals surface area (Å²) in [5, 5.41) is 2.96. The van der Waals surface area contributed by atoms with Gasteiger partial charge in [-0.25, -0.2) is 0 Å². The van der Waals surface area contributed by atoms with Crippen LogP contribution in [0, 0.1) is 0 Å². The maximum Gasteiger partial charge on any atom is 0.255 e. The van der Waals surface area contributed by atoms with Crippen molar-refractivity contribution in [2.75, 3.05) is 12.3 Å². The lowest BCUT2D eigenvalue weighted by atomic mass is 10.1. The number of nitrogen functional groups attached to an aromatic ring is 1. The van der Waals surface area contributed by atoms with Crippen LogP contribution in [0.15, 0.2) is 48.5 Å². The molecule has 2 aromatic rings. The van der Waals surface area contributed by atoms with E-state index in [4.69, 9.17) is 10.5 Å². The minimum absolute atomic E-state index is 0.129. The van der Waals surface area contributed by atoms with Crippen LogP contribution in [0.1, 0.15) is 35.8 Å². The minimum Gasteiger partial charge on any atom is -0.493 e. The maximum atomic E-state index is 12.4. The molecule has 3 N–H and O–H groups in total. The Labute approximate surface area is 124 Å². The number of carbonyl (C=O) groups is 1. The second kappa shape index (κ2) is 6.79. The normalized spacial score (nSPS) is 11.7. The van der Waals surface area contributed by atoms with E-state index in [0.717, 1.165) is 5.56 Å². The van der Waals surface area contributed by atoms with Gasteiger partial charge >= 0.3 is 0 Å². The van der Waals surface area contributed by atoms with Gasteiger partial charge in [-0.15, -0.1) is 0 Å². The summed E-state index contributed by atoms with van der Waals surface area (Å²) in [4.78, 5) is 12.4. The van der Waals surface area contributed by atoms with Crippen molar-refractivity contribution >= 4 is 11.6 Å². The standard InChI is InChI=1S/C17H20N2O2/c1-3-21-16-10-5-4-9-15(16)17(20)19-12(2)13-7-6-8-14(18)11-13/h4-12H,3,18H2,1-2H3,(H,19,20). The van der Waals surface area contributed by atoms with E-state index in [1.807, 2.05) is 50.2 Å².